The summed E-state index contributed by atoms with van der Waals surface area (Å²) in [4.78, 5) is 0. The summed E-state index contributed by atoms with van der Waals surface area (Å²) < 4.78 is 2.17. The van der Waals surface area contributed by atoms with Gasteiger partial charge in [-0.1, -0.05) is 69.2 Å². The van der Waals surface area contributed by atoms with Crippen molar-refractivity contribution >= 4 is 28.0 Å². The Kier molecular flexibility index (Phi) is 6.78. The molecular weight excluding hydrogens is 402 g/mol. The summed E-state index contributed by atoms with van der Waals surface area (Å²) in [6.45, 7) is 13.3. The smallest absolute Gasteiger partial charge is 0.0717 e. The molecule has 4 rings (SSSR count). The Morgan fingerprint density at radius 1 is 0.667 bits per heavy atom. The number of aryl methyl sites for hydroxylation is 6. The summed E-state index contributed by atoms with van der Waals surface area (Å²) in [6.07, 6.45) is 6.20. The number of benzene rings is 3. The van der Waals surface area contributed by atoms with Gasteiger partial charge in [0.2, 0.25) is 0 Å². The molecule has 3 heteroatoms. The van der Waals surface area contributed by atoms with Crippen LogP contribution in [0.5, 0.6) is 0 Å². The van der Waals surface area contributed by atoms with Gasteiger partial charge in [-0.15, -0.1) is 0 Å². The van der Waals surface area contributed by atoms with Crippen LogP contribution in [-0.2, 0) is 25.7 Å². The average molecular weight is 440 g/mol. The minimum Gasteiger partial charge on any atom is -0.355 e. The minimum absolute atomic E-state index is 1.01. The highest BCUT2D eigenvalue weighted by atomic mass is 15.4. The Morgan fingerprint density at radius 3 is 1.70 bits per heavy atom. The van der Waals surface area contributed by atoms with Crippen LogP contribution < -0.4 is 10.7 Å². The van der Waals surface area contributed by atoms with Gasteiger partial charge < -0.3 is 5.32 Å². The molecule has 0 aliphatic carbocycles. The standard InChI is InChI=1S/C30H37N3/c1-7-22-16-20(5)17-23(8-2)29(22)31-27-12-11-13-28-26(27)14-15-33(28)32-30-24(9-3)18-21(6)19-25(30)10-4/h11-19,31-32H,7-10H2,1-6H3. The summed E-state index contributed by atoms with van der Waals surface area (Å²) in [6, 6.07) is 18.0. The van der Waals surface area contributed by atoms with Crippen LogP contribution in [-0.4, -0.2) is 4.68 Å². The molecule has 0 saturated heterocycles. The lowest BCUT2D eigenvalue weighted by Crippen LogP contribution is -2.11. The van der Waals surface area contributed by atoms with Crippen LogP contribution >= 0.6 is 0 Å². The third-order valence-corrected chi connectivity index (χ3v) is 6.64. The molecule has 33 heavy (non-hydrogen) atoms. The number of nitrogens with zero attached hydrogens (tertiary/aromatic N) is 1. The van der Waals surface area contributed by atoms with Gasteiger partial charge in [-0.25, -0.2) is 0 Å². The van der Waals surface area contributed by atoms with Gasteiger partial charge in [0.1, 0.15) is 0 Å². The highest BCUT2D eigenvalue weighted by Gasteiger charge is 2.13. The van der Waals surface area contributed by atoms with E-state index in [1.54, 1.807) is 0 Å². The van der Waals surface area contributed by atoms with Crippen molar-refractivity contribution in [3.05, 3.63) is 88.1 Å². The van der Waals surface area contributed by atoms with E-state index in [1.807, 2.05) is 0 Å². The van der Waals surface area contributed by atoms with Crippen molar-refractivity contribution < 1.29 is 0 Å². The fourth-order valence-corrected chi connectivity index (χ4v) is 4.93. The SMILES string of the molecule is CCc1cc(C)cc(CC)c1Nc1cccc2c1ccn2Nc1c(CC)cc(C)cc1CC. The maximum absolute atomic E-state index is 3.80. The van der Waals surface area contributed by atoms with Crippen LogP contribution in [0.25, 0.3) is 10.9 Å². The van der Waals surface area contributed by atoms with Gasteiger partial charge in [0.25, 0.3) is 0 Å². The molecule has 3 nitrogen and oxygen atoms in total. The van der Waals surface area contributed by atoms with E-state index in [1.165, 1.54) is 55.7 Å². The van der Waals surface area contributed by atoms with Crippen molar-refractivity contribution in [3.63, 3.8) is 0 Å². The van der Waals surface area contributed by atoms with Gasteiger partial charge in [-0.2, -0.15) is 0 Å². The Morgan fingerprint density at radius 2 is 1.18 bits per heavy atom. The van der Waals surface area contributed by atoms with E-state index < -0.39 is 0 Å². The first-order valence-corrected chi connectivity index (χ1v) is 12.4. The fourth-order valence-electron chi connectivity index (χ4n) is 4.93. The van der Waals surface area contributed by atoms with Crippen LogP contribution in [0.3, 0.4) is 0 Å². The molecule has 0 aliphatic rings. The van der Waals surface area contributed by atoms with Crippen molar-refractivity contribution in [1.29, 1.82) is 0 Å². The molecule has 0 unspecified atom stereocenters. The Bertz CT molecular complexity index is 1230. The van der Waals surface area contributed by atoms with Crippen LogP contribution in [0.4, 0.5) is 17.1 Å². The Labute approximate surface area is 198 Å². The number of hydrogen-bond donors (Lipinski definition) is 2. The van der Waals surface area contributed by atoms with Crippen molar-refractivity contribution in [1.82, 2.24) is 4.68 Å². The number of aromatic nitrogens is 1. The highest BCUT2D eigenvalue weighted by Crippen LogP contribution is 2.33. The van der Waals surface area contributed by atoms with E-state index >= 15 is 0 Å². The number of fused-ring (bicyclic) bond motifs is 1. The number of anilines is 3. The highest BCUT2D eigenvalue weighted by molar-refractivity contribution is 5.95. The maximum atomic E-state index is 3.80. The second-order valence-corrected chi connectivity index (χ2v) is 8.99. The molecule has 2 N–H and O–H groups in total. The predicted octanol–water partition coefficient (Wildman–Crippen LogP) is 8.13. The monoisotopic (exact) mass is 439 g/mol. The zero-order chi connectivity index (χ0) is 23.5. The molecule has 1 aromatic heterocycles. The number of nitrogens with one attached hydrogen (secondary N) is 2. The molecule has 0 aliphatic heterocycles. The molecule has 0 radical (unpaired) electrons. The molecule has 3 aromatic carbocycles. The van der Waals surface area contributed by atoms with Crippen LogP contribution in [0.2, 0.25) is 0 Å². The second-order valence-electron chi connectivity index (χ2n) is 8.99. The summed E-state index contributed by atoms with van der Waals surface area (Å²) in [5.74, 6) is 0. The molecule has 4 aromatic rings. The molecule has 1 heterocycles. The minimum atomic E-state index is 1.01. The third-order valence-electron chi connectivity index (χ3n) is 6.64. The number of rotatable bonds is 8. The molecule has 0 bridgehead atoms. The van der Waals surface area contributed by atoms with Gasteiger partial charge in [0.15, 0.2) is 0 Å². The topological polar surface area (TPSA) is 29.0 Å². The first kappa shape index (κ1) is 23.0. The quantitative estimate of drug-likeness (QED) is 0.290. The first-order valence-electron chi connectivity index (χ1n) is 12.4. The van der Waals surface area contributed by atoms with E-state index in [9.17, 15) is 0 Å². The number of hydrogen-bond acceptors (Lipinski definition) is 2. The predicted molar refractivity (Wildman–Crippen MR) is 144 cm³/mol. The van der Waals surface area contributed by atoms with E-state index in [0.717, 1.165) is 31.4 Å². The van der Waals surface area contributed by atoms with E-state index in [0.29, 0.717) is 0 Å². The lowest BCUT2D eigenvalue weighted by atomic mass is 9.99. The lowest BCUT2D eigenvalue weighted by molar-refractivity contribution is 0.973. The van der Waals surface area contributed by atoms with Crippen molar-refractivity contribution in [2.75, 3.05) is 10.7 Å². The van der Waals surface area contributed by atoms with Crippen LogP contribution in [0.1, 0.15) is 61.1 Å². The summed E-state index contributed by atoms with van der Waals surface area (Å²) in [5.41, 5.74) is 16.7. The molecule has 0 saturated carbocycles. The first-order chi connectivity index (χ1) is 16.0. The molecule has 0 spiro atoms. The molecule has 172 valence electrons. The third kappa shape index (κ3) is 4.50. The van der Waals surface area contributed by atoms with Crippen molar-refractivity contribution in [2.24, 2.45) is 0 Å². The van der Waals surface area contributed by atoms with Gasteiger partial charge in [0, 0.05) is 23.0 Å². The summed E-state index contributed by atoms with van der Waals surface area (Å²) >= 11 is 0. The molecule has 0 amide bonds. The van der Waals surface area contributed by atoms with Crippen molar-refractivity contribution in [2.45, 2.75) is 67.2 Å². The molecule has 0 fully saturated rings. The molecular formula is C30H37N3. The lowest BCUT2D eigenvalue weighted by Gasteiger charge is -2.19. The average Bonchev–Trinajstić information content (AvgIpc) is 3.24. The van der Waals surface area contributed by atoms with Gasteiger partial charge in [-0.05, 0) is 80.0 Å². The fraction of sp³-hybridized carbons (Fsp3) is 0.333. The van der Waals surface area contributed by atoms with Crippen LogP contribution in [0.15, 0.2) is 54.7 Å². The maximum Gasteiger partial charge on any atom is 0.0717 e. The van der Waals surface area contributed by atoms with E-state index in [4.69, 9.17) is 0 Å². The molecule has 0 atom stereocenters. The summed E-state index contributed by atoms with van der Waals surface area (Å²) in [7, 11) is 0. The van der Waals surface area contributed by atoms with Gasteiger partial charge in [0.05, 0.1) is 11.2 Å². The Hall–Kier alpha value is -3.20. The van der Waals surface area contributed by atoms with E-state index in [2.05, 4.69) is 112 Å². The van der Waals surface area contributed by atoms with Crippen LogP contribution in [0, 0.1) is 13.8 Å². The Balaban J connectivity index is 1.76. The van der Waals surface area contributed by atoms with Gasteiger partial charge >= 0.3 is 0 Å². The second kappa shape index (κ2) is 9.74. The largest absolute Gasteiger partial charge is 0.355 e. The zero-order valence-corrected chi connectivity index (χ0v) is 21.0. The summed E-state index contributed by atoms with van der Waals surface area (Å²) in [5, 5.41) is 5.02. The zero-order valence-electron chi connectivity index (χ0n) is 21.0. The van der Waals surface area contributed by atoms with Gasteiger partial charge in [-0.3, -0.25) is 10.1 Å². The normalized spacial score (nSPS) is 11.2. The van der Waals surface area contributed by atoms with Crippen molar-refractivity contribution in [3.8, 4) is 0 Å². The van der Waals surface area contributed by atoms with E-state index in [-0.39, 0.29) is 0 Å².